The van der Waals surface area contributed by atoms with Crippen molar-refractivity contribution in [3.05, 3.63) is 25.3 Å². The van der Waals surface area contributed by atoms with Crippen molar-refractivity contribution in [2.24, 2.45) is 5.73 Å². The van der Waals surface area contributed by atoms with Crippen molar-refractivity contribution < 1.29 is 14.3 Å². The summed E-state index contributed by atoms with van der Waals surface area (Å²) in [5.74, 6) is -0.869. The standard InChI is InChI=1S/C7H13NO2.C3H5NO.CH3Cl/c1-5-7(9)10-6(2)8(3)4;1-2-3(4)5;1-2/h5-6H,1H2,2-4H3;2H,1H2,(H2,4,5);1H3. The van der Waals surface area contributed by atoms with Crippen LogP contribution in [0.3, 0.4) is 0 Å². The van der Waals surface area contributed by atoms with Crippen LogP contribution >= 0.6 is 11.6 Å². The molecule has 1 unspecified atom stereocenters. The lowest BCUT2D eigenvalue weighted by Crippen LogP contribution is -2.29. The Hall–Kier alpha value is -1.33. The zero-order valence-electron chi connectivity index (χ0n) is 10.8. The summed E-state index contributed by atoms with van der Waals surface area (Å²) in [5.41, 5.74) is 4.53. The van der Waals surface area contributed by atoms with Crippen molar-refractivity contribution in [2.75, 3.05) is 20.5 Å². The highest BCUT2D eigenvalue weighted by Crippen LogP contribution is 1.94. The van der Waals surface area contributed by atoms with Gasteiger partial charge in [0, 0.05) is 12.5 Å². The molecule has 1 atom stereocenters. The second-order valence-electron chi connectivity index (χ2n) is 2.81. The van der Waals surface area contributed by atoms with Gasteiger partial charge in [-0.2, -0.15) is 0 Å². The van der Waals surface area contributed by atoms with E-state index in [1.54, 1.807) is 11.8 Å². The van der Waals surface area contributed by atoms with E-state index >= 15 is 0 Å². The van der Waals surface area contributed by atoms with Crippen LogP contribution in [0.15, 0.2) is 25.3 Å². The average Bonchev–Trinajstić information content (AvgIpc) is 2.31. The van der Waals surface area contributed by atoms with Crippen LogP contribution in [0.1, 0.15) is 6.92 Å². The Bertz CT molecular complexity index is 243. The minimum absolute atomic E-state index is 0.189. The number of carbonyl (C=O) groups excluding carboxylic acids is 2. The molecule has 1 amide bonds. The van der Waals surface area contributed by atoms with Crippen LogP contribution in [0.2, 0.25) is 0 Å². The number of hydrogen-bond acceptors (Lipinski definition) is 4. The number of hydrogen-bond donors (Lipinski definition) is 1. The highest BCUT2D eigenvalue weighted by molar-refractivity contribution is 6.15. The average molecular weight is 265 g/mol. The number of ether oxygens (including phenoxy) is 1. The molecule has 6 heteroatoms. The Morgan fingerprint density at radius 1 is 1.29 bits per heavy atom. The maximum absolute atomic E-state index is 10.6. The summed E-state index contributed by atoms with van der Waals surface area (Å²) >= 11 is 4.64. The van der Waals surface area contributed by atoms with Crippen molar-refractivity contribution in [3.63, 3.8) is 0 Å². The zero-order valence-corrected chi connectivity index (χ0v) is 11.5. The van der Waals surface area contributed by atoms with Crippen molar-refractivity contribution >= 4 is 23.5 Å². The number of primary amides is 1. The van der Waals surface area contributed by atoms with Gasteiger partial charge in [-0.3, -0.25) is 9.69 Å². The van der Waals surface area contributed by atoms with Gasteiger partial charge in [-0.25, -0.2) is 4.79 Å². The molecule has 0 heterocycles. The Balaban J connectivity index is -0.000000236. The predicted octanol–water partition coefficient (Wildman–Crippen LogP) is 1.14. The van der Waals surface area contributed by atoms with E-state index in [-0.39, 0.29) is 12.2 Å². The Morgan fingerprint density at radius 2 is 1.65 bits per heavy atom. The zero-order chi connectivity index (χ0) is 14.4. The molecule has 0 bridgehead atoms. The smallest absolute Gasteiger partial charge is 0.331 e. The van der Waals surface area contributed by atoms with Gasteiger partial charge in [0.15, 0.2) is 6.23 Å². The van der Waals surface area contributed by atoms with Gasteiger partial charge in [0.1, 0.15) is 0 Å². The molecule has 0 saturated carbocycles. The first-order valence-corrected chi connectivity index (χ1v) is 5.39. The third-order valence-electron chi connectivity index (χ3n) is 1.38. The highest BCUT2D eigenvalue weighted by atomic mass is 35.5. The maximum Gasteiger partial charge on any atom is 0.331 e. The van der Waals surface area contributed by atoms with Gasteiger partial charge in [0.2, 0.25) is 5.91 Å². The van der Waals surface area contributed by atoms with Gasteiger partial charge >= 0.3 is 5.97 Å². The molecule has 0 fully saturated rings. The maximum atomic E-state index is 10.6. The minimum atomic E-state index is -0.481. The van der Waals surface area contributed by atoms with E-state index in [1.807, 2.05) is 14.1 Å². The molecule has 0 aromatic carbocycles. The van der Waals surface area contributed by atoms with Gasteiger partial charge in [-0.05, 0) is 27.1 Å². The summed E-state index contributed by atoms with van der Waals surface area (Å²) in [6.45, 7) is 8.16. The largest absolute Gasteiger partial charge is 0.444 e. The van der Waals surface area contributed by atoms with Crippen LogP contribution in [0.25, 0.3) is 0 Å². The van der Waals surface area contributed by atoms with E-state index in [0.29, 0.717) is 0 Å². The second kappa shape index (κ2) is 14.7. The van der Waals surface area contributed by atoms with Crippen LogP contribution < -0.4 is 5.73 Å². The molecule has 0 aliphatic heterocycles. The Morgan fingerprint density at radius 3 is 1.82 bits per heavy atom. The van der Waals surface area contributed by atoms with Crippen LogP contribution in [0.5, 0.6) is 0 Å². The molecule has 100 valence electrons. The van der Waals surface area contributed by atoms with Gasteiger partial charge < -0.3 is 10.5 Å². The molecule has 0 radical (unpaired) electrons. The molecule has 17 heavy (non-hydrogen) atoms. The fourth-order valence-electron chi connectivity index (χ4n) is 0.322. The molecule has 5 nitrogen and oxygen atoms in total. The highest BCUT2D eigenvalue weighted by Gasteiger charge is 2.06. The van der Waals surface area contributed by atoms with Gasteiger partial charge in [-0.1, -0.05) is 13.2 Å². The summed E-state index contributed by atoms with van der Waals surface area (Å²) in [6.07, 6.45) is 3.49. The lowest BCUT2D eigenvalue weighted by Gasteiger charge is -2.18. The van der Waals surface area contributed by atoms with Gasteiger partial charge in [0.05, 0.1) is 0 Å². The number of nitrogens with zero attached hydrogens (tertiary/aromatic N) is 1. The summed E-state index contributed by atoms with van der Waals surface area (Å²) in [4.78, 5) is 21.8. The SMILES string of the molecule is C=CC(=O)OC(C)N(C)C.C=CC(N)=O.CCl. The fourth-order valence-corrected chi connectivity index (χ4v) is 0.322. The van der Waals surface area contributed by atoms with E-state index in [9.17, 15) is 9.59 Å². The molecular weight excluding hydrogens is 244 g/mol. The van der Waals surface area contributed by atoms with Crippen LogP contribution in [-0.4, -0.2) is 43.5 Å². The number of rotatable bonds is 4. The van der Waals surface area contributed by atoms with Crippen molar-refractivity contribution in [2.45, 2.75) is 13.2 Å². The summed E-state index contributed by atoms with van der Waals surface area (Å²) < 4.78 is 4.83. The summed E-state index contributed by atoms with van der Waals surface area (Å²) in [6, 6.07) is 0. The molecule has 0 aliphatic carbocycles. The van der Waals surface area contributed by atoms with E-state index < -0.39 is 5.91 Å². The Labute approximate surface area is 108 Å². The first-order chi connectivity index (χ1) is 7.84. The van der Waals surface area contributed by atoms with E-state index in [1.165, 1.54) is 6.38 Å². The molecule has 0 saturated heterocycles. The number of carbonyl (C=O) groups is 2. The third-order valence-corrected chi connectivity index (χ3v) is 1.38. The topological polar surface area (TPSA) is 72.6 Å². The first-order valence-electron chi connectivity index (χ1n) is 4.64. The molecule has 0 rings (SSSR count). The van der Waals surface area contributed by atoms with Crippen molar-refractivity contribution in [3.8, 4) is 0 Å². The third kappa shape index (κ3) is 20.7. The predicted molar refractivity (Wildman–Crippen MR) is 70.6 cm³/mol. The van der Waals surface area contributed by atoms with E-state index in [0.717, 1.165) is 12.2 Å². The number of nitrogens with two attached hydrogens (primary N) is 1. The monoisotopic (exact) mass is 264 g/mol. The molecule has 0 aliphatic rings. The van der Waals surface area contributed by atoms with E-state index in [4.69, 9.17) is 4.74 Å². The molecule has 0 aromatic heterocycles. The van der Waals surface area contributed by atoms with Crippen LogP contribution in [0.4, 0.5) is 0 Å². The number of alkyl halides is 1. The molecule has 0 spiro atoms. The lowest BCUT2D eigenvalue weighted by atomic mass is 10.6. The second-order valence-corrected chi connectivity index (χ2v) is 2.81. The molecule has 2 N–H and O–H groups in total. The van der Waals surface area contributed by atoms with Crippen LogP contribution in [0, 0.1) is 0 Å². The Kier molecular flexibility index (Phi) is 18.1. The fraction of sp³-hybridized carbons (Fsp3) is 0.455. The molecular formula is C11H21ClN2O3. The van der Waals surface area contributed by atoms with Crippen molar-refractivity contribution in [1.82, 2.24) is 4.90 Å². The van der Waals surface area contributed by atoms with Crippen LogP contribution in [-0.2, 0) is 14.3 Å². The minimum Gasteiger partial charge on any atom is -0.444 e. The summed E-state index contributed by atoms with van der Waals surface area (Å²) in [7, 11) is 3.67. The van der Waals surface area contributed by atoms with Crippen molar-refractivity contribution in [1.29, 1.82) is 0 Å². The number of amides is 1. The lowest BCUT2D eigenvalue weighted by molar-refractivity contribution is -0.149. The van der Waals surface area contributed by atoms with E-state index in [2.05, 4.69) is 30.5 Å². The number of halogens is 1. The van der Waals surface area contributed by atoms with Gasteiger partial charge in [0.25, 0.3) is 0 Å². The molecule has 0 aromatic rings. The first kappa shape index (κ1) is 21.0. The number of esters is 1. The summed E-state index contributed by atoms with van der Waals surface area (Å²) in [5, 5.41) is 0. The van der Waals surface area contributed by atoms with Gasteiger partial charge in [-0.15, -0.1) is 11.6 Å². The quantitative estimate of drug-likeness (QED) is 0.358. The normalized spacial score (nSPS) is 9.76.